The van der Waals surface area contributed by atoms with Gasteiger partial charge in [-0.2, -0.15) is 13.2 Å². The summed E-state index contributed by atoms with van der Waals surface area (Å²) < 4.78 is 38.6. The van der Waals surface area contributed by atoms with Crippen LogP contribution in [0.2, 0.25) is 0 Å². The topological polar surface area (TPSA) is 51.3 Å². The van der Waals surface area contributed by atoms with E-state index in [2.05, 4.69) is 9.98 Å². The van der Waals surface area contributed by atoms with Crippen molar-refractivity contribution in [1.29, 1.82) is 0 Å². The van der Waals surface area contributed by atoms with E-state index in [-0.39, 0.29) is 23.0 Å². The van der Waals surface area contributed by atoms with Crippen molar-refractivity contribution in [3.63, 3.8) is 0 Å². The van der Waals surface area contributed by atoms with Gasteiger partial charge in [-0.25, -0.2) is 0 Å². The number of benzene rings is 1. The minimum Gasteiger partial charge on any atom is -0.397 e. The zero-order valence-corrected chi connectivity index (χ0v) is 12.6. The van der Waals surface area contributed by atoms with Crippen LogP contribution in [0.15, 0.2) is 59.7 Å². The first-order valence-electron chi connectivity index (χ1n) is 6.61. The van der Waals surface area contributed by atoms with Crippen LogP contribution in [0, 0.1) is 0 Å². The number of hydrogen-bond acceptors (Lipinski definition) is 3. The molecular weight excluding hydrogens is 327 g/mol. The van der Waals surface area contributed by atoms with E-state index in [9.17, 15) is 13.2 Å². The fourth-order valence-electron chi connectivity index (χ4n) is 1.88. The molecule has 0 aliphatic rings. The second kappa shape index (κ2) is 7.28. The highest BCUT2D eigenvalue weighted by Gasteiger charge is 2.32. The molecule has 0 radical (unpaired) electrons. The Bertz CT molecular complexity index is 725. The molecule has 2 rings (SSSR count). The van der Waals surface area contributed by atoms with Crippen molar-refractivity contribution < 1.29 is 13.2 Å². The summed E-state index contributed by atoms with van der Waals surface area (Å²) in [6.45, 7) is -0.194. The molecule has 0 spiro atoms. The molecule has 0 fully saturated rings. The maximum atomic E-state index is 12.9. The molecule has 2 aromatic rings. The lowest BCUT2D eigenvalue weighted by atomic mass is 10.1. The largest absolute Gasteiger partial charge is 0.416 e. The van der Waals surface area contributed by atoms with Gasteiger partial charge in [-0.3, -0.25) is 9.98 Å². The number of aromatic nitrogens is 1. The van der Waals surface area contributed by atoms with Gasteiger partial charge in [0.25, 0.3) is 0 Å². The molecule has 2 N–H and O–H groups in total. The first kappa shape index (κ1) is 17.0. The third-order valence-electron chi connectivity index (χ3n) is 2.96. The summed E-state index contributed by atoms with van der Waals surface area (Å²) in [5, 5.41) is 0.00475. The Labute approximate surface area is 136 Å². The number of allylic oxidation sites excluding steroid dienone is 1. The molecule has 0 amide bonds. The van der Waals surface area contributed by atoms with Crippen molar-refractivity contribution in [2.45, 2.75) is 12.7 Å². The van der Waals surface area contributed by atoms with Gasteiger partial charge in [-0.15, -0.1) is 0 Å². The molecule has 7 heteroatoms. The SMILES string of the molecule is N/C(=C\C(Cl)=NCc1ccccc1C(F)(F)F)c1ccccn1. The normalized spacial score (nSPS) is 13.2. The smallest absolute Gasteiger partial charge is 0.397 e. The lowest BCUT2D eigenvalue weighted by molar-refractivity contribution is -0.138. The van der Waals surface area contributed by atoms with Crippen LogP contribution in [-0.4, -0.2) is 10.2 Å². The molecular formula is C16H13ClF3N3. The summed E-state index contributed by atoms with van der Waals surface area (Å²) in [7, 11) is 0. The quantitative estimate of drug-likeness (QED) is 0.847. The average Bonchev–Trinajstić information content (AvgIpc) is 2.53. The molecule has 0 saturated heterocycles. The third kappa shape index (κ3) is 4.82. The maximum absolute atomic E-state index is 12.9. The number of aliphatic imine (C=N–C) groups is 1. The fraction of sp³-hybridized carbons (Fsp3) is 0.125. The van der Waals surface area contributed by atoms with Crippen molar-refractivity contribution in [2.75, 3.05) is 0 Å². The number of hydrogen-bond donors (Lipinski definition) is 1. The predicted octanol–water partition coefficient (Wildman–Crippen LogP) is 4.24. The van der Waals surface area contributed by atoms with E-state index < -0.39 is 11.7 Å². The Balaban J connectivity index is 2.18. The van der Waals surface area contributed by atoms with Crippen LogP contribution in [0.5, 0.6) is 0 Å². The average molecular weight is 340 g/mol. The lowest BCUT2D eigenvalue weighted by Crippen LogP contribution is -2.08. The maximum Gasteiger partial charge on any atom is 0.416 e. The molecule has 23 heavy (non-hydrogen) atoms. The molecule has 120 valence electrons. The molecule has 1 aromatic heterocycles. The highest BCUT2D eigenvalue weighted by molar-refractivity contribution is 6.68. The third-order valence-corrected chi connectivity index (χ3v) is 3.19. The molecule has 0 unspecified atom stereocenters. The van der Waals surface area contributed by atoms with E-state index >= 15 is 0 Å². The Kier molecular flexibility index (Phi) is 5.39. The molecule has 1 heterocycles. The van der Waals surface area contributed by atoms with Crippen molar-refractivity contribution in [3.05, 3.63) is 71.6 Å². The summed E-state index contributed by atoms with van der Waals surface area (Å²) in [5.41, 5.74) is 5.93. The number of nitrogens with two attached hydrogens (primary N) is 1. The number of rotatable bonds is 4. The second-order valence-corrected chi connectivity index (χ2v) is 5.00. The first-order valence-corrected chi connectivity index (χ1v) is 6.99. The van der Waals surface area contributed by atoms with Crippen LogP contribution >= 0.6 is 11.6 Å². The molecule has 1 aromatic carbocycles. The predicted molar refractivity (Wildman–Crippen MR) is 84.8 cm³/mol. The van der Waals surface area contributed by atoms with Crippen LogP contribution in [0.1, 0.15) is 16.8 Å². The second-order valence-electron chi connectivity index (χ2n) is 4.61. The van der Waals surface area contributed by atoms with E-state index in [1.807, 2.05) is 0 Å². The van der Waals surface area contributed by atoms with Crippen molar-refractivity contribution in [3.8, 4) is 0 Å². The van der Waals surface area contributed by atoms with Gasteiger partial charge in [0.1, 0.15) is 5.17 Å². The molecule has 0 bridgehead atoms. The Morgan fingerprint density at radius 2 is 1.87 bits per heavy atom. The summed E-state index contributed by atoms with van der Waals surface area (Å²) in [4.78, 5) is 7.97. The van der Waals surface area contributed by atoms with Gasteiger partial charge in [0, 0.05) is 12.3 Å². The van der Waals surface area contributed by atoms with Gasteiger partial charge < -0.3 is 5.73 Å². The van der Waals surface area contributed by atoms with Gasteiger partial charge in [-0.1, -0.05) is 35.9 Å². The Morgan fingerprint density at radius 3 is 2.52 bits per heavy atom. The Hall–Kier alpha value is -2.34. The standard InChI is InChI=1S/C16H13ClF3N3/c17-15(9-13(21)14-7-3-4-8-22-14)23-10-11-5-1-2-6-12(11)16(18,19)20/h1-9H,10,21H2/b13-9-,23-15?. The van der Waals surface area contributed by atoms with Crippen LogP contribution in [0.3, 0.4) is 0 Å². The highest BCUT2D eigenvalue weighted by atomic mass is 35.5. The number of pyridine rings is 1. The van der Waals surface area contributed by atoms with E-state index in [0.717, 1.165) is 6.07 Å². The molecule has 0 aliphatic carbocycles. The van der Waals surface area contributed by atoms with Gasteiger partial charge in [0.05, 0.1) is 23.5 Å². The molecule has 0 atom stereocenters. The fourth-order valence-corrected chi connectivity index (χ4v) is 2.05. The summed E-state index contributed by atoms with van der Waals surface area (Å²) in [6.07, 6.45) is -1.50. The van der Waals surface area contributed by atoms with Crippen molar-refractivity contribution in [2.24, 2.45) is 10.7 Å². The van der Waals surface area contributed by atoms with E-state index in [1.165, 1.54) is 24.3 Å². The van der Waals surface area contributed by atoms with Crippen LogP contribution in [0.4, 0.5) is 13.2 Å². The first-order chi connectivity index (χ1) is 10.9. The van der Waals surface area contributed by atoms with Gasteiger partial charge in [0.2, 0.25) is 0 Å². The van der Waals surface area contributed by atoms with Crippen LogP contribution < -0.4 is 5.73 Å². The van der Waals surface area contributed by atoms with Crippen molar-refractivity contribution >= 4 is 22.5 Å². The molecule has 3 nitrogen and oxygen atoms in total. The minimum absolute atomic E-state index is 0.00475. The number of halogens is 4. The zero-order chi connectivity index (χ0) is 16.9. The van der Waals surface area contributed by atoms with E-state index in [1.54, 1.807) is 24.4 Å². The molecule has 0 aliphatic heterocycles. The monoisotopic (exact) mass is 339 g/mol. The zero-order valence-electron chi connectivity index (χ0n) is 11.9. The molecule has 0 saturated carbocycles. The van der Waals surface area contributed by atoms with Gasteiger partial charge >= 0.3 is 6.18 Å². The lowest BCUT2D eigenvalue weighted by Gasteiger charge is -2.10. The highest BCUT2D eigenvalue weighted by Crippen LogP contribution is 2.32. The summed E-state index contributed by atoms with van der Waals surface area (Å²) >= 11 is 5.93. The van der Waals surface area contributed by atoms with Crippen molar-refractivity contribution in [1.82, 2.24) is 4.98 Å². The van der Waals surface area contributed by atoms with Crippen LogP contribution in [-0.2, 0) is 12.7 Å². The Morgan fingerprint density at radius 1 is 1.17 bits per heavy atom. The van der Waals surface area contributed by atoms with Gasteiger partial charge in [-0.05, 0) is 23.8 Å². The van der Waals surface area contributed by atoms with E-state index in [4.69, 9.17) is 17.3 Å². The summed E-state index contributed by atoms with van der Waals surface area (Å²) in [6, 6.07) is 10.4. The van der Waals surface area contributed by atoms with Crippen LogP contribution in [0.25, 0.3) is 5.70 Å². The number of alkyl halides is 3. The minimum atomic E-state index is -4.43. The summed E-state index contributed by atoms with van der Waals surface area (Å²) in [5.74, 6) is 0. The van der Waals surface area contributed by atoms with Gasteiger partial charge in [0.15, 0.2) is 0 Å². The number of nitrogens with zero attached hydrogens (tertiary/aromatic N) is 2. The van der Waals surface area contributed by atoms with E-state index in [0.29, 0.717) is 5.69 Å².